The zero-order valence-electron chi connectivity index (χ0n) is 13.4. The molecule has 1 aliphatic carbocycles. The van der Waals surface area contributed by atoms with Crippen molar-refractivity contribution in [3.05, 3.63) is 29.8 Å². The van der Waals surface area contributed by atoms with E-state index in [1.54, 1.807) is 0 Å². The summed E-state index contributed by atoms with van der Waals surface area (Å²) in [4.78, 5) is 0. The molecule has 1 aliphatic rings. The first-order chi connectivity index (χ1) is 9.49. The lowest BCUT2D eigenvalue weighted by atomic mass is 9.87. The highest BCUT2D eigenvalue weighted by atomic mass is 16.5. The van der Waals surface area contributed by atoms with Crippen molar-refractivity contribution in [1.29, 1.82) is 0 Å². The molecule has 20 heavy (non-hydrogen) atoms. The molecule has 0 spiro atoms. The SMILES string of the molecule is CCCNC1CCC(Oc2ccc(C(C)(C)C)cc2)C1. The van der Waals surface area contributed by atoms with Crippen LogP contribution in [0.2, 0.25) is 0 Å². The molecule has 0 heterocycles. The van der Waals surface area contributed by atoms with Crippen LogP contribution in [0.5, 0.6) is 5.75 Å². The highest BCUT2D eigenvalue weighted by Crippen LogP contribution is 2.27. The van der Waals surface area contributed by atoms with Crippen molar-refractivity contribution >= 4 is 0 Å². The van der Waals surface area contributed by atoms with Gasteiger partial charge in [0.25, 0.3) is 0 Å². The Morgan fingerprint density at radius 3 is 2.45 bits per heavy atom. The minimum Gasteiger partial charge on any atom is -0.490 e. The molecule has 1 saturated carbocycles. The second-order valence-electron chi connectivity index (χ2n) is 6.98. The van der Waals surface area contributed by atoms with Crippen molar-refractivity contribution in [2.75, 3.05) is 6.54 Å². The van der Waals surface area contributed by atoms with Crippen LogP contribution in [-0.2, 0) is 5.41 Å². The molecule has 1 aromatic carbocycles. The molecule has 0 amide bonds. The van der Waals surface area contributed by atoms with Gasteiger partial charge in [0.05, 0.1) is 0 Å². The van der Waals surface area contributed by atoms with E-state index in [-0.39, 0.29) is 5.41 Å². The molecule has 2 heteroatoms. The van der Waals surface area contributed by atoms with Crippen LogP contribution < -0.4 is 10.1 Å². The van der Waals surface area contributed by atoms with E-state index in [9.17, 15) is 0 Å². The van der Waals surface area contributed by atoms with Gasteiger partial charge in [-0.3, -0.25) is 0 Å². The minimum atomic E-state index is 0.209. The maximum absolute atomic E-state index is 6.11. The van der Waals surface area contributed by atoms with Gasteiger partial charge in [0.15, 0.2) is 0 Å². The normalized spacial score (nSPS) is 23.0. The lowest BCUT2D eigenvalue weighted by molar-refractivity contribution is 0.206. The zero-order valence-corrected chi connectivity index (χ0v) is 13.4. The first kappa shape index (κ1) is 15.4. The fourth-order valence-corrected chi connectivity index (χ4v) is 2.81. The quantitative estimate of drug-likeness (QED) is 0.866. The van der Waals surface area contributed by atoms with E-state index >= 15 is 0 Å². The van der Waals surface area contributed by atoms with Crippen LogP contribution in [0.3, 0.4) is 0 Å². The third-order valence-electron chi connectivity index (χ3n) is 4.09. The molecule has 1 fully saturated rings. The predicted octanol–water partition coefficient (Wildman–Crippen LogP) is 4.28. The molecular formula is C18H29NO. The van der Waals surface area contributed by atoms with E-state index in [0.29, 0.717) is 12.1 Å². The number of nitrogens with one attached hydrogen (secondary N) is 1. The monoisotopic (exact) mass is 275 g/mol. The first-order valence-electron chi connectivity index (χ1n) is 7.99. The van der Waals surface area contributed by atoms with Gasteiger partial charge in [0, 0.05) is 6.04 Å². The Labute approximate surface area is 123 Å². The highest BCUT2D eigenvalue weighted by Gasteiger charge is 2.25. The van der Waals surface area contributed by atoms with Crippen molar-refractivity contribution in [1.82, 2.24) is 5.32 Å². The number of rotatable bonds is 5. The predicted molar refractivity (Wildman–Crippen MR) is 85.5 cm³/mol. The molecule has 2 atom stereocenters. The maximum Gasteiger partial charge on any atom is 0.119 e. The van der Waals surface area contributed by atoms with Crippen LogP contribution in [0.15, 0.2) is 24.3 Å². The summed E-state index contributed by atoms with van der Waals surface area (Å²) < 4.78 is 6.11. The van der Waals surface area contributed by atoms with Gasteiger partial charge in [-0.25, -0.2) is 0 Å². The minimum absolute atomic E-state index is 0.209. The summed E-state index contributed by atoms with van der Waals surface area (Å²) in [6, 6.07) is 9.27. The Kier molecular flexibility index (Phi) is 5.09. The van der Waals surface area contributed by atoms with Crippen molar-refractivity contribution < 1.29 is 4.74 Å². The molecule has 0 bridgehead atoms. The van der Waals surface area contributed by atoms with E-state index in [4.69, 9.17) is 4.74 Å². The lowest BCUT2D eigenvalue weighted by Crippen LogP contribution is -2.28. The molecule has 0 saturated heterocycles. The Balaban J connectivity index is 1.85. The summed E-state index contributed by atoms with van der Waals surface area (Å²) in [5.41, 5.74) is 1.57. The highest BCUT2D eigenvalue weighted by molar-refractivity contribution is 5.31. The van der Waals surface area contributed by atoms with Crippen molar-refractivity contribution in [2.45, 2.75) is 70.9 Å². The molecule has 0 aliphatic heterocycles. The van der Waals surface area contributed by atoms with Gasteiger partial charge >= 0.3 is 0 Å². The molecule has 112 valence electrons. The molecule has 2 unspecified atom stereocenters. The molecule has 2 rings (SSSR count). The van der Waals surface area contributed by atoms with Gasteiger partial charge in [-0.2, -0.15) is 0 Å². The van der Waals surface area contributed by atoms with E-state index in [2.05, 4.69) is 57.3 Å². The topological polar surface area (TPSA) is 21.3 Å². The standard InChI is InChI=1S/C18H29NO/c1-5-12-19-15-8-11-17(13-15)20-16-9-6-14(7-10-16)18(2,3)4/h6-7,9-10,15,17,19H,5,8,11-13H2,1-4H3. The van der Waals surface area contributed by atoms with Gasteiger partial charge in [0.2, 0.25) is 0 Å². The van der Waals surface area contributed by atoms with Crippen molar-refractivity contribution in [3.63, 3.8) is 0 Å². The molecule has 0 radical (unpaired) electrons. The molecule has 1 N–H and O–H groups in total. The Morgan fingerprint density at radius 1 is 1.15 bits per heavy atom. The number of hydrogen-bond donors (Lipinski definition) is 1. The first-order valence-corrected chi connectivity index (χ1v) is 7.99. The molecule has 1 aromatic rings. The summed E-state index contributed by atoms with van der Waals surface area (Å²) in [7, 11) is 0. The number of ether oxygens (including phenoxy) is 1. The van der Waals surface area contributed by atoms with E-state index in [1.807, 2.05) is 0 Å². The van der Waals surface area contributed by atoms with Crippen LogP contribution in [-0.4, -0.2) is 18.7 Å². The Hall–Kier alpha value is -1.02. The summed E-state index contributed by atoms with van der Waals surface area (Å²) in [6.07, 6.45) is 5.13. The maximum atomic E-state index is 6.11. The fourth-order valence-electron chi connectivity index (χ4n) is 2.81. The average Bonchev–Trinajstić information content (AvgIpc) is 2.83. The smallest absolute Gasteiger partial charge is 0.119 e. The van der Waals surface area contributed by atoms with Gasteiger partial charge < -0.3 is 10.1 Å². The largest absolute Gasteiger partial charge is 0.490 e. The van der Waals surface area contributed by atoms with E-state index < -0.39 is 0 Å². The van der Waals surface area contributed by atoms with Crippen LogP contribution in [0.4, 0.5) is 0 Å². The van der Waals surface area contributed by atoms with Gasteiger partial charge in [-0.1, -0.05) is 39.8 Å². The van der Waals surface area contributed by atoms with Crippen molar-refractivity contribution in [3.8, 4) is 5.75 Å². The van der Waals surface area contributed by atoms with Crippen LogP contribution in [0.25, 0.3) is 0 Å². The number of benzene rings is 1. The third-order valence-corrected chi connectivity index (χ3v) is 4.09. The summed E-state index contributed by atoms with van der Waals surface area (Å²) >= 11 is 0. The second-order valence-corrected chi connectivity index (χ2v) is 6.98. The van der Waals surface area contributed by atoms with Gasteiger partial charge in [0.1, 0.15) is 11.9 Å². The van der Waals surface area contributed by atoms with Crippen LogP contribution in [0.1, 0.15) is 58.9 Å². The second kappa shape index (κ2) is 6.62. The fraction of sp³-hybridized carbons (Fsp3) is 0.667. The average molecular weight is 275 g/mol. The summed E-state index contributed by atoms with van der Waals surface area (Å²) in [6.45, 7) is 10.1. The Bertz CT molecular complexity index is 404. The third kappa shape index (κ3) is 4.24. The summed E-state index contributed by atoms with van der Waals surface area (Å²) in [5, 5.41) is 3.60. The van der Waals surface area contributed by atoms with Crippen molar-refractivity contribution in [2.24, 2.45) is 0 Å². The Morgan fingerprint density at radius 2 is 1.85 bits per heavy atom. The lowest BCUT2D eigenvalue weighted by Gasteiger charge is -2.20. The van der Waals surface area contributed by atoms with Crippen LogP contribution >= 0.6 is 0 Å². The van der Waals surface area contributed by atoms with Gasteiger partial charge in [-0.15, -0.1) is 0 Å². The number of hydrogen-bond acceptors (Lipinski definition) is 2. The van der Waals surface area contributed by atoms with E-state index in [0.717, 1.165) is 18.7 Å². The zero-order chi connectivity index (χ0) is 14.6. The van der Waals surface area contributed by atoms with Gasteiger partial charge in [-0.05, 0) is 55.3 Å². The van der Waals surface area contributed by atoms with E-state index in [1.165, 1.54) is 24.8 Å². The molecular weight excluding hydrogens is 246 g/mol. The summed E-state index contributed by atoms with van der Waals surface area (Å²) in [5.74, 6) is 1.01. The molecule has 2 nitrogen and oxygen atoms in total. The molecule has 0 aromatic heterocycles. The van der Waals surface area contributed by atoms with Crippen LogP contribution in [0, 0.1) is 0 Å².